The number of oxime groups is 1. The lowest BCUT2D eigenvalue weighted by molar-refractivity contribution is 0.313. The maximum Gasteiger partial charge on any atom is 0.175 e. The summed E-state index contributed by atoms with van der Waals surface area (Å²) < 4.78 is 5.14. The molecule has 1 aliphatic carbocycles. The van der Waals surface area contributed by atoms with Crippen LogP contribution in [0.25, 0.3) is 0 Å². The molecule has 3 rings (SSSR count). The van der Waals surface area contributed by atoms with Crippen molar-refractivity contribution in [2.45, 2.75) is 37.8 Å². The second kappa shape index (κ2) is 4.52. The van der Waals surface area contributed by atoms with Crippen LogP contribution in [0.3, 0.4) is 0 Å². The zero-order chi connectivity index (χ0) is 12.5. The number of methoxy groups -OCH3 is 1. The van der Waals surface area contributed by atoms with E-state index in [0.29, 0.717) is 17.9 Å². The zero-order valence-corrected chi connectivity index (χ0v) is 10.5. The van der Waals surface area contributed by atoms with Crippen LogP contribution in [0, 0.1) is 0 Å². The van der Waals surface area contributed by atoms with E-state index in [0.717, 1.165) is 11.3 Å². The number of hydrogen-bond donors (Lipinski definition) is 1. The maximum absolute atomic E-state index is 9.28. The van der Waals surface area contributed by atoms with Crippen LogP contribution in [-0.4, -0.2) is 35.1 Å². The van der Waals surface area contributed by atoms with Gasteiger partial charge in [-0.3, -0.25) is 0 Å². The van der Waals surface area contributed by atoms with Crippen LogP contribution < -0.4 is 4.74 Å². The van der Waals surface area contributed by atoms with Gasteiger partial charge < -0.3 is 14.8 Å². The van der Waals surface area contributed by atoms with Gasteiger partial charge in [-0.2, -0.15) is 0 Å². The first-order valence-electron chi connectivity index (χ1n) is 6.50. The van der Waals surface area contributed by atoms with Gasteiger partial charge in [0, 0.05) is 5.56 Å². The van der Waals surface area contributed by atoms with Crippen LogP contribution in [0.2, 0.25) is 0 Å². The third-order valence-electron chi connectivity index (χ3n) is 4.01. The molecule has 1 aromatic carbocycles. The molecule has 0 amide bonds. The van der Waals surface area contributed by atoms with Gasteiger partial charge in [0.2, 0.25) is 0 Å². The summed E-state index contributed by atoms with van der Waals surface area (Å²) in [6.07, 6.45) is 5.03. The number of fused-ring (bicyclic) bond motifs is 1. The molecule has 1 heterocycles. The largest absolute Gasteiger partial charge is 0.497 e. The SMILES string of the molecule is COc1ccc(C(=NO)N2C3CCCCC32)cc1. The van der Waals surface area contributed by atoms with Crippen molar-refractivity contribution in [1.82, 2.24) is 4.90 Å². The Morgan fingerprint density at radius 1 is 1.22 bits per heavy atom. The van der Waals surface area contributed by atoms with E-state index >= 15 is 0 Å². The van der Waals surface area contributed by atoms with Gasteiger partial charge in [-0.05, 0) is 37.1 Å². The number of likely N-dealkylation sites (tertiary alicyclic amines) is 1. The fourth-order valence-corrected chi connectivity index (χ4v) is 3.02. The van der Waals surface area contributed by atoms with E-state index in [1.54, 1.807) is 7.11 Å². The van der Waals surface area contributed by atoms with E-state index in [-0.39, 0.29) is 0 Å². The van der Waals surface area contributed by atoms with Crippen LogP contribution in [0.4, 0.5) is 0 Å². The summed E-state index contributed by atoms with van der Waals surface area (Å²) in [4.78, 5) is 2.24. The van der Waals surface area contributed by atoms with Crippen LogP contribution in [0.5, 0.6) is 5.75 Å². The van der Waals surface area contributed by atoms with Gasteiger partial charge in [0.05, 0.1) is 19.2 Å². The van der Waals surface area contributed by atoms with Crippen molar-refractivity contribution in [1.29, 1.82) is 0 Å². The third-order valence-corrected chi connectivity index (χ3v) is 4.01. The van der Waals surface area contributed by atoms with Gasteiger partial charge in [-0.1, -0.05) is 18.0 Å². The lowest BCUT2D eigenvalue weighted by Crippen LogP contribution is -2.16. The molecule has 0 aromatic heterocycles. The van der Waals surface area contributed by atoms with Crippen molar-refractivity contribution < 1.29 is 9.94 Å². The van der Waals surface area contributed by atoms with Crippen LogP contribution in [-0.2, 0) is 0 Å². The highest BCUT2D eigenvalue weighted by Crippen LogP contribution is 2.41. The molecule has 1 saturated heterocycles. The smallest absolute Gasteiger partial charge is 0.175 e. The topological polar surface area (TPSA) is 44.8 Å². The fourth-order valence-electron chi connectivity index (χ4n) is 3.02. The monoisotopic (exact) mass is 246 g/mol. The number of rotatable bonds is 2. The summed E-state index contributed by atoms with van der Waals surface area (Å²) in [6.45, 7) is 0. The van der Waals surface area contributed by atoms with Gasteiger partial charge in [-0.25, -0.2) is 0 Å². The van der Waals surface area contributed by atoms with Crippen molar-refractivity contribution in [2.75, 3.05) is 7.11 Å². The van der Waals surface area contributed by atoms with E-state index < -0.39 is 0 Å². The highest BCUT2D eigenvalue weighted by atomic mass is 16.5. The Hall–Kier alpha value is -1.71. The minimum atomic E-state index is 0.590. The Morgan fingerprint density at radius 3 is 2.33 bits per heavy atom. The average Bonchev–Trinajstić information content (AvgIpc) is 3.15. The van der Waals surface area contributed by atoms with Gasteiger partial charge >= 0.3 is 0 Å². The Bertz CT molecular complexity index is 443. The fraction of sp³-hybridized carbons (Fsp3) is 0.500. The number of benzene rings is 1. The first kappa shape index (κ1) is 11.4. The Labute approximate surface area is 107 Å². The summed E-state index contributed by atoms with van der Waals surface area (Å²) in [5, 5.41) is 12.8. The minimum absolute atomic E-state index is 0.590. The van der Waals surface area contributed by atoms with Gasteiger partial charge in [-0.15, -0.1) is 0 Å². The van der Waals surface area contributed by atoms with E-state index in [9.17, 15) is 5.21 Å². The van der Waals surface area contributed by atoms with Crippen molar-refractivity contribution in [3.05, 3.63) is 29.8 Å². The van der Waals surface area contributed by atoms with Crippen LogP contribution in [0.15, 0.2) is 29.4 Å². The molecule has 0 bridgehead atoms. The van der Waals surface area contributed by atoms with E-state index in [4.69, 9.17) is 4.74 Å². The Kier molecular flexibility index (Phi) is 2.86. The molecule has 0 radical (unpaired) electrons. The molecule has 1 saturated carbocycles. The van der Waals surface area contributed by atoms with Crippen molar-refractivity contribution in [3.63, 3.8) is 0 Å². The predicted molar refractivity (Wildman–Crippen MR) is 69.2 cm³/mol. The molecule has 4 heteroatoms. The lowest BCUT2D eigenvalue weighted by atomic mass is 10.0. The summed E-state index contributed by atoms with van der Waals surface area (Å²) in [5.41, 5.74) is 0.952. The number of hydrogen-bond acceptors (Lipinski definition) is 3. The Morgan fingerprint density at radius 2 is 1.83 bits per heavy atom. The summed E-state index contributed by atoms with van der Waals surface area (Å²) >= 11 is 0. The van der Waals surface area contributed by atoms with E-state index in [2.05, 4.69) is 10.1 Å². The first-order valence-corrected chi connectivity index (χ1v) is 6.50. The predicted octanol–water partition coefficient (Wildman–Crippen LogP) is 2.46. The van der Waals surface area contributed by atoms with E-state index in [1.807, 2.05) is 24.3 Å². The maximum atomic E-state index is 9.28. The van der Waals surface area contributed by atoms with Crippen LogP contribution >= 0.6 is 0 Å². The second-order valence-corrected chi connectivity index (χ2v) is 4.98. The van der Waals surface area contributed by atoms with Gasteiger partial charge in [0.15, 0.2) is 5.84 Å². The van der Waals surface area contributed by atoms with E-state index in [1.165, 1.54) is 25.7 Å². The molecular weight excluding hydrogens is 228 g/mol. The molecule has 1 N–H and O–H groups in total. The molecule has 18 heavy (non-hydrogen) atoms. The third kappa shape index (κ3) is 1.82. The van der Waals surface area contributed by atoms with Crippen molar-refractivity contribution in [3.8, 4) is 5.75 Å². The highest BCUT2D eigenvalue weighted by Gasteiger charge is 2.50. The molecule has 0 spiro atoms. The van der Waals surface area contributed by atoms with Gasteiger partial charge in [0.25, 0.3) is 0 Å². The minimum Gasteiger partial charge on any atom is -0.497 e. The molecule has 2 unspecified atom stereocenters. The number of amidine groups is 1. The van der Waals surface area contributed by atoms with Crippen LogP contribution in [0.1, 0.15) is 31.2 Å². The average molecular weight is 246 g/mol. The molecule has 1 aliphatic heterocycles. The van der Waals surface area contributed by atoms with Crippen molar-refractivity contribution >= 4 is 5.84 Å². The molecule has 96 valence electrons. The molecule has 2 aliphatic rings. The molecule has 2 fully saturated rings. The second-order valence-electron chi connectivity index (χ2n) is 4.98. The summed E-state index contributed by atoms with van der Waals surface area (Å²) in [6, 6.07) is 8.86. The molecule has 4 nitrogen and oxygen atoms in total. The number of ether oxygens (including phenoxy) is 1. The standard InChI is InChI=1S/C14H18N2O2/c1-18-11-8-6-10(7-9-11)14(15-17)16-12-4-2-3-5-13(12)16/h6-9,12-13,17H,2-5H2,1H3. The normalized spacial score (nSPS) is 26.7. The molecule has 2 atom stereocenters. The quantitative estimate of drug-likeness (QED) is 0.287. The van der Waals surface area contributed by atoms with Crippen molar-refractivity contribution in [2.24, 2.45) is 5.16 Å². The molecular formula is C14H18N2O2. The zero-order valence-electron chi connectivity index (χ0n) is 10.5. The Balaban J connectivity index is 1.80. The summed E-state index contributed by atoms with van der Waals surface area (Å²) in [5.74, 6) is 1.52. The molecule has 1 aromatic rings. The lowest BCUT2D eigenvalue weighted by Gasteiger charge is -2.08. The first-order chi connectivity index (χ1) is 8.85. The number of nitrogens with zero attached hydrogens (tertiary/aromatic N) is 2. The highest BCUT2D eigenvalue weighted by molar-refractivity contribution is 6.00. The van der Waals surface area contributed by atoms with Gasteiger partial charge in [0.1, 0.15) is 5.75 Å². The summed E-state index contributed by atoms with van der Waals surface area (Å²) in [7, 11) is 1.65.